The second kappa shape index (κ2) is 9.00. The first-order valence-electron chi connectivity index (χ1n) is 10.9. The van der Waals surface area contributed by atoms with Crippen LogP contribution < -0.4 is 0 Å². The third-order valence-corrected chi connectivity index (χ3v) is 6.31. The summed E-state index contributed by atoms with van der Waals surface area (Å²) in [6.45, 7) is 9.13. The van der Waals surface area contributed by atoms with E-state index in [1.165, 1.54) is 0 Å². The molecule has 0 radical (unpaired) electrons. The molecule has 4 rings (SSSR count). The van der Waals surface area contributed by atoms with Gasteiger partial charge in [-0.05, 0) is 38.8 Å². The maximum atomic E-state index is 13.0. The Morgan fingerprint density at radius 2 is 1.50 bits per heavy atom. The standard InChI is InChI=1S/C23H31N5O2/c1-18-21(19(2)28(24-18)20-8-4-3-5-9-20)16-22(29)27-14-12-25(13-15-27)17-23(30)26-10-6-7-11-26/h3-5,8-9H,6-7,10-17H2,1-2H3. The highest BCUT2D eigenvalue weighted by molar-refractivity contribution is 5.80. The molecular formula is C23H31N5O2. The first kappa shape index (κ1) is 20.6. The monoisotopic (exact) mass is 409 g/mol. The summed E-state index contributed by atoms with van der Waals surface area (Å²) in [4.78, 5) is 31.4. The van der Waals surface area contributed by atoms with Crippen molar-refractivity contribution in [2.75, 3.05) is 45.8 Å². The number of aryl methyl sites for hydroxylation is 1. The van der Waals surface area contributed by atoms with Crippen molar-refractivity contribution in [3.8, 4) is 5.69 Å². The van der Waals surface area contributed by atoms with Crippen LogP contribution in [-0.4, -0.2) is 82.1 Å². The number of amides is 2. The molecule has 1 aromatic heterocycles. The lowest BCUT2D eigenvalue weighted by Gasteiger charge is -2.35. The van der Waals surface area contributed by atoms with Gasteiger partial charge in [0.2, 0.25) is 11.8 Å². The van der Waals surface area contributed by atoms with Crippen LogP contribution in [0.3, 0.4) is 0 Å². The van der Waals surface area contributed by atoms with Gasteiger partial charge in [-0.3, -0.25) is 14.5 Å². The maximum absolute atomic E-state index is 13.0. The van der Waals surface area contributed by atoms with Crippen molar-refractivity contribution in [1.82, 2.24) is 24.5 Å². The fraction of sp³-hybridized carbons (Fsp3) is 0.522. The van der Waals surface area contributed by atoms with Crippen molar-refractivity contribution < 1.29 is 9.59 Å². The van der Waals surface area contributed by atoms with Crippen molar-refractivity contribution in [3.63, 3.8) is 0 Å². The van der Waals surface area contributed by atoms with Crippen LogP contribution in [0.25, 0.3) is 5.69 Å². The minimum Gasteiger partial charge on any atom is -0.342 e. The van der Waals surface area contributed by atoms with Crippen LogP contribution in [0.5, 0.6) is 0 Å². The van der Waals surface area contributed by atoms with E-state index in [4.69, 9.17) is 0 Å². The molecular weight excluding hydrogens is 378 g/mol. The number of rotatable bonds is 5. The molecule has 0 aliphatic carbocycles. The Morgan fingerprint density at radius 3 is 2.17 bits per heavy atom. The SMILES string of the molecule is Cc1nn(-c2ccccc2)c(C)c1CC(=O)N1CCN(CC(=O)N2CCCC2)CC1. The van der Waals surface area contributed by atoms with E-state index in [9.17, 15) is 9.59 Å². The number of hydrogen-bond donors (Lipinski definition) is 0. The van der Waals surface area contributed by atoms with Gasteiger partial charge in [0.25, 0.3) is 0 Å². The lowest BCUT2D eigenvalue weighted by Crippen LogP contribution is -2.51. The van der Waals surface area contributed by atoms with Gasteiger partial charge in [0.05, 0.1) is 24.3 Å². The molecule has 2 saturated heterocycles. The first-order chi connectivity index (χ1) is 14.5. The highest BCUT2D eigenvalue weighted by Crippen LogP contribution is 2.19. The summed E-state index contributed by atoms with van der Waals surface area (Å²) < 4.78 is 1.92. The number of piperazine rings is 1. The van der Waals surface area contributed by atoms with Crippen molar-refractivity contribution in [2.24, 2.45) is 0 Å². The van der Waals surface area contributed by atoms with Gasteiger partial charge >= 0.3 is 0 Å². The third-order valence-electron chi connectivity index (χ3n) is 6.31. The molecule has 2 aliphatic heterocycles. The molecule has 30 heavy (non-hydrogen) atoms. The average Bonchev–Trinajstić information content (AvgIpc) is 3.39. The Balaban J connectivity index is 1.33. The van der Waals surface area contributed by atoms with E-state index in [0.717, 1.165) is 61.7 Å². The molecule has 0 N–H and O–H groups in total. The van der Waals surface area contributed by atoms with E-state index in [1.807, 2.05) is 58.7 Å². The lowest BCUT2D eigenvalue weighted by molar-refractivity contribution is -0.134. The Bertz CT molecular complexity index is 894. The Kier molecular flexibility index (Phi) is 6.18. The van der Waals surface area contributed by atoms with Crippen LogP contribution in [0, 0.1) is 13.8 Å². The number of likely N-dealkylation sites (tertiary alicyclic amines) is 1. The number of nitrogens with zero attached hydrogens (tertiary/aromatic N) is 5. The molecule has 160 valence electrons. The molecule has 3 heterocycles. The normalized spacial score (nSPS) is 17.5. The zero-order chi connectivity index (χ0) is 21.1. The molecule has 0 bridgehead atoms. The van der Waals surface area contributed by atoms with Gasteiger partial charge in [0.15, 0.2) is 0 Å². The van der Waals surface area contributed by atoms with Gasteiger partial charge in [0, 0.05) is 50.5 Å². The van der Waals surface area contributed by atoms with E-state index in [2.05, 4.69) is 10.00 Å². The predicted octanol–water partition coefficient (Wildman–Crippen LogP) is 1.80. The quantitative estimate of drug-likeness (QED) is 0.756. The molecule has 1 aromatic carbocycles. The van der Waals surface area contributed by atoms with E-state index < -0.39 is 0 Å². The van der Waals surface area contributed by atoms with Crippen LogP contribution >= 0.6 is 0 Å². The molecule has 7 heteroatoms. The molecule has 0 saturated carbocycles. The molecule has 7 nitrogen and oxygen atoms in total. The second-order valence-corrected chi connectivity index (χ2v) is 8.32. The van der Waals surface area contributed by atoms with E-state index in [0.29, 0.717) is 26.1 Å². The lowest BCUT2D eigenvalue weighted by atomic mass is 10.1. The van der Waals surface area contributed by atoms with Crippen LogP contribution in [-0.2, 0) is 16.0 Å². The number of aromatic nitrogens is 2. The number of benzene rings is 1. The molecule has 2 fully saturated rings. The largest absolute Gasteiger partial charge is 0.342 e. The molecule has 2 aliphatic rings. The van der Waals surface area contributed by atoms with Crippen LogP contribution in [0.1, 0.15) is 29.8 Å². The summed E-state index contributed by atoms with van der Waals surface area (Å²) >= 11 is 0. The van der Waals surface area contributed by atoms with E-state index in [1.54, 1.807) is 0 Å². The first-order valence-corrected chi connectivity index (χ1v) is 10.9. The molecule has 0 spiro atoms. The summed E-state index contributed by atoms with van der Waals surface area (Å²) in [6, 6.07) is 10.0. The topological polar surface area (TPSA) is 61.7 Å². The Morgan fingerprint density at radius 1 is 0.867 bits per heavy atom. The van der Waals surface area contributed by atoms with Gasteiger partial charge < -0.3 is 9.80 Å². The summed E-state index contributed by atoms with van der Waals surface area (Å²) in [7, 11) is 0. The number of carbonyl (C=O) groups excluding carboxylic acids is 2. The Hall–Kier alpha value is -2.67. The fourth-order valence-electron chi connectivity index (χ4n) is 4.43. The highest BCUT2D eigenvalue weighted by atomic mass is 16.2. The summed E-state index contributed by atoms with van der Waals surface area (Å²) in [6.07, 6.45) is 2.61. The van der Waals surface area contributed by atoms with Crippen molar-refractivity contribution in [1.29, 1.82) is 0 Å². The van der Waals surface area contributed by atoms with Crippen LogP contribution in [0.15, 0.2) is 30.3 Å². The molecule has 0 unspecified atom stereocenters. The number of para-hydroxylation sites is 1. The van der Waals surface area contributed by atoms with E-state index >= 15 is 0 Å². The minimum absolute atomic E-state index is 0.138. The summed E-state index contributed by atoms with van der Waals surface area (Å²) in [5.74, 6) is 0.367. The maximum Gasteiger partial charge on any atom is 0.236 e. The average molecular weight is 410 g/mol. The van der Waals surface area contributed by atoms with Gasteiger partial charge in [-0.15, -0.1) is 0 Å². The van der Waals surface area contributed by atoms with Gasteiger partial charge in [-0.2, -0.15) is 5.10 Å². The third kappa shape index (κ3) is 4.41. The van der Waals surface area contributed by atoms with Crippen molar-refractivity contribution >= 4 is 11.8 Å². The molecule has 0 atom stereocenters. The predicted molar refractivity (Wildman–Crippen MR) is 116 cm³/mol. The molecule has 2 aromatic rings. The molecule has 2 amide bonds. The summed E-state index contributed by atoms with van der Waals surface area (Å²) in [5, 5.41) is 4.66. The fourth-order valence-corrected chi connectivity index (χ4v) is 4.43. The zero-order valence-corrected chi connectivity index (χ0v) is 18.0. The van der Waals surface area contributed by atoms with Crippen LogP contribution in [0.4, 0.5) is 0 Å². The summed E-state index contributed by atoms with van der Waals surface area (Å²) in [5.41, 5.74) is 3.94. The van der Waals surface area contributed by atoms with Gasteiger partial charge in [-0.25, -0.2) is 4.68 Å². The van der Waals surface area contributed by atoms with Crippen LogP contribution in [0.2, 0.25) is 0 Å². The smallest absolute Gasteiger partial charge is 0.236 e. The van der Waals surface area contributed by atoms with Gasteiger partial charge in [-0.1, -0.05) is 18.2 Å². The van der Waals surface area contributed by atoms with Gasteiger partial charge in [0.1, 0.15) is 0 Å². The van der Waals surface area contributed by atoms with E-state index in [-0.39, 0.29) is 11.8 Å². The second-order valence-electron chi connectivity index (χ2n) is 8.32. The number of hydrogen-bond acceptors (Lipinski definition) is 4. The minimum atomic E-state index is 0.138. The van der Waals surface area contributed by atoms with Crippen molar-refractivity contribution in [3.05, 3.63) is 47.3 Å². The highest BCUT2D eigenvalue weighted by Gasteiger charge is 2.26. The Labute approximate surface area is 178 Å². The number of carbonyl (C=O) groups is 2. The zero-order valence-electron chi connectivity index (χ0n) is 18.0. The van der Waals surface area contributed by atoms with Crippen molar-refractivity contribution in [2.45, 2.75) is 33.1 Å².